The SMILES string of the molecule is Cl.Nc1cccc2c1CCCN2CC1CCCC1. The number of halogens is 1. The van der Waals surface area contributed by atoms with Crippen molar-refractivity contribution in [3.05, 3.63) is 23.8 Å². The van der Waals surface area contributed by atoms with Crippen LogP contribution in [0.25, 0.3) is 0 Å². The first-order valence-corrected chi connectivity index (χ1v) is 6.97. The van der Waals surface area contributed by atoms with Crippen LogP contribution in [0.5, 0.6) is 0 Å². The van der Waals surface area contributed by atoms with E-state index in [2.05, 4.69) is 17.0 Å². The summed E-state index contributed by atoms with van der Waals surface area (Å²) >= 11 is 0. The lowest BCUT2D eigenvalue weighted by Gasteiger charge is -2.34. The Morgan fingerprint density at radius 1 is 1.17 bits per heavy atom. The van der Waals surface area contributed by atoms with Crippen LogP contribution in [0.2, 0.25) is 0 Å². The lowest BCUT2D eigenvalue weighted by molar-refractivity contribution is 0.519. The Balaban J connectivity index is 0.00000120. The minimum atomic E-state index is 0. The van der Waals surface area contributed by atoms with Crippen LogP contribution in [0.15, 0.2) is 18.2 Å². The fraction of sp³-hybridized carbons (Fsp3) is 0.600. The fourth-order valence-electron chi connectivity index (χ4n) is 3.42. The summed E-state index contributed by atoms with van der Waals surface area (Å²) < 4.78 is 0. The van der Waals surface area contributed by atoms with E-state index in [1.165, 1.54) is 56.4 Å². The van der Waals surface area contributed by atoms with Gasteiger partial charge in [0.25, 0.3) is 0 Å². The number of rotatable bonds is 2. The summed E-state index contributed by atoms with van der Waals surface area (Å²) in [4.78, 5) is 2.57. The predicted molar refractivity (Wildman–Crippen MR) is 80.6 cm³/mol. The van der Waals surface area contributed by atoms with Crippen molar-refractivity contribution in [3.63, 3.8) is 0 Å². The second kappa shape index (κ2) is 5.83. The first-order chi connectivity index (χ1) is 8.34. The Kier molecular flexibility index (Phi) is 4.39. The van der Waals surface area contributed by atoms with E-state index in [0.29, 0.717) is 0 Å². The van der Waals surface area contributed by atoms with Crippen molar-refractivity contribution in [3.8, 4) is 0 Å². The highest BCUT2D eigenvalue weighted by molar-refractivity contribution is 5.85. The third-order valence-corrected chi connectivity index (χ3v) is 4.34. The van der Waals surface area contributed by atoms with Crippen molar-refractivity contribution in [2.75, 3.05) is 23.7 Å². The van der Waals surface area contributed by atoms with E-state index in [1.807, 2.05) is 6.07 Å². The molecule has 1 aliphatic heterocycles. The fourth-order valence-corrected chi connectivity index (χ4v) is 3.42. The van der Waals surface area contributed by atoms with Crippen LogP contribution < -0.4 is 10.6 Å². The molecule has 0 saturated heterocycles. The molecule has 1 aromatic rings. The number of anilines is 2. The van der Waals surface area contributed by atoms with Gasteiger partial charge >= 0.3 is 0 Å². The standard InChI is InChI=1S/C15H22N2.ClH/c16-14-8-3-9-15-13(14)7-4-10-17(15)11-12-5-1-2-6-12;/h3,8-9,12H,1-2,4-7,10-11,16H2;1H. The molecule has 2 nitrogen and oxygen atoms in total. The van der Waals surface area contributed by atoms with Crippen LogP contribution in [0, 0.1) is 5.92 Å². The average molecular weight is 267 g/mol. The molecule has 0 aromatic heterocycles. The molecule has 100 valence electrons. The molecule has 3 rings (SSSR count). The molecular weight excluding hydrogens is 244 g/mol. The largest absolute Gasteiger partial charge is 0.398 e. The van der Waals surface area contributed by atoms with Gasteiger partial charge in [0.1, 0.15) is 0 Å². The second-order valence-electron chi connectivity index (χ2n) is 5.54. The molecule has 2 aliphatic rings. The molecule has 0 bridgehead atoms. The van der Waals surface area contributed by atoms with Crippen LogP contribution in [0.4, 0.5) is 11.4 Å². The van der Waals surface area contributed by atoms with Crippen LogP contribution in [0.1, 0.15) is 37.7 Å². The maximum absolute atomic E-state index is 6.09. The lowest BCUT2D eigenvalue weighted by Crippen LogP contribution is -2.33. The van der Waals surface area contributed by atoms with Gasteiger partial charge < -0.3 is 10.6 Å². The lowest BCUT2D eigenvalue weighted by atomic mass is 9.98. The molecular formula is C15H23ClN2. The molecule has 1 heterocycles. The summed E-state index contributed by atoms with van der Waals surface area (Å²) in [5.74, 6) is 0.919. The number of hydrogen-bond donors (Lipinski definition) is 1. The van der Waals surface area contributed by atoms with E-state index in [4.69, 9.17) is 5.73 Å². The normalized spacial score (nSPS) is 19.4. The molecule has 0 spiro atoms. The van der Waals surface area contributed by atoms with E-state index in [-0.39, 0.29) is 12.4 Å². The summed E-state index contributed by atoms with van der Waals surface area (Å²) in [6, 6.07) is 6.39. The molecule has 1 saturated carbocycles. The van der Waals surface area contributed by atoms with Gasteiger partial charge in [0, 0.05) is 24.5 Å². The highest BCUT2D eigenvalue weighted by atomic mass is 35.5. The Hall–Kier alpha value is -0.890. The van der Waals surface area contributed by atoms with Gasteiger partial charge in [-0.3, -0.25) is 0 Å². The molecule has 3 heteroatoms. The summed E-state index contributed by atoms with van der Waals surface area (Å²) in [6.07, 6.45) is 8.13. The Bertz CT molecular complexity index is 399. The third-order valence-electron chi connectivity index (χ3n) is 4.34. The van der Waals surface area contributed by atoms with Crippen molar-refractivity contribution >= 4 is 23.8 Å². The summed E-state index contributed by atoms with van der Waals surface area (Å²) in [5, 5.41) is 0. The monoisotopic (exact) mass is 266 g/mol. The number of nitrogens with zero attached hydrogens (tertiary/aromatic N) is 1. The van der Waals surface area contributed by atoms with Crippen LogP contribution in [-0.2, 0) is 6.42 Å². The molecule has 0 unspecified atom stereocenters. The van der Waals surface area contributed by atoms with Gasteiger partial charge in [-0.25, -0.2) is 0 Å². The van der Waals surface area contributed by atoms with Crippen LogP contribution >= 0.6 is 12.4 Å². The van der Waals surface area contributed by atoms with E-state index in [1.54, 1.807) is 0 Å². The van der Waals surface area contributed by atoms with Gasteiger partial charge in [0.2, 0.25) is 0 Å². The van der Waals surface area contributed by atoms with E-state index in [0.717, 1.165) is 18.0 Å². The van der Waals surface area contributed by atoms with Gasteiger partial charge in [-0.15, -0.1) is 12.4 Å². The molecule has 1 fully saturated rings. The highest BCUT2D eigenvalue weighted by Gasteiger charge is 2.23. The van der Waals surface area contributed by atoms with Crippen LogP contribution in [-0.4, -0.2) is 13.1 Å². The van der Waals surface area contributed by atoms with E-state index in [9.17, 15) is 0 Å². The number of nitrogens with two attached hydrogens (primary N) is 1. The van der Waals surface area contributed by atoms with Crippen molar-refractivity contribution < 1.29 is 0 Å². The highest BCUT2D eigenvalue weighted by Crippen LogP contribution is 2.34. The first-order valence-electron chi connectivity index (χ1n) is 6.97. The summed E-state index contributed by atoms with van der Waals surface area (Å²) in [7, 11) is 0. The molecule has 0 radical (unpaired) electrons. The van der Waals surface area contributed by atoms with E-state index < -0.39 is 0 Å². The number of hydrogen-bond acceptors (Lipinski definition) is 2. The molecule has 18 heavy (non-hydrogen) atoms. The molecule has 2 N–H and O–H groups in total. The van der Waals surface area contributed by atoms with Gasteiger partial charge in [0.05, 0.1) is 0 Å². The van der Waals surface area contributed by atoms with Crippen molar-refractivity contribution in [1.29, 1.82) is 0 Å². The molecule has 1 aromatic carbocycles. The van der Waals surface area contributed by atoms with Gasteiger partial charge in [-0.05, 0) is 49.3 Å². The van der Waals surface area contributed by atoms with Gasteiger partial charge in [0.15, 0.2) is 0 Å². The van der Waals surface area contributed by atoms with E-state index >= 15 is 0 Å². The quantitative estimate of drug-likeness (QED) is 0.829. The Morgan fingerprint density at radius 2 is 1.94 bits per heavy atom. The first kappa shape index (κ1) is 13.5. The smallest absolute Gasteiger partial charge is 0.0419 e. The zero-order valence-electron chi connectivity index (χ0n) is 10.9. The topological polar surface area (TPSA) is 29.3 Å². The summed E-state index contributed by atoms with van der Waals surface area (Å²) in [5.41, 5.74) is 9.86. The zero-order valence-corrected chi connectivity index (χ0v) is 11.7. The minimum absolute atomic E-state index is 0. The third kappa shape index (κ3) is 2.59. The van der Waals surface area contributed by atoms with Gasteiger partial charge in [-0.1, -0.05) is 18.9 Å². The van der Waals surface area contributed by atoms with Crippen LogP contribution in [0.3, 0.4) is 0 Å². The number of fused-ring (bicyclic) bond motifs is 1. The summed E-state index contributed by atoms with van der Waals surface area (Å²) in [6.45, 7) is 2.46. The predicted octanol–water partition coefficient (Wildman–Crippen LogP) is 3.63. The molecule has 1 aliphatic carbocycles. The maximum atomic E-state index is 6.09. The van der Waals surface area contributed by atoms with Crippen molar-refractivity contribution in [2.45, 2.75) is 38.5 Å². The van der Waals surface area contributed by atoms with Crippen molar-refractivity contribution in [1.82, 2.24) is 0 Å². The number of benzene rings is 1. The maximum Gasteiger partial charge on any atom is 0.0419 e. The molecule has 0 atom stereocenters. The zero-order chi connectivity index (χ0) is 11.7. The minimum Gasteiger partial charge on any atom is -0.398 e. The Morgan fingerprint density at radius 3 is 2.72 bits per heavy atom. The molecule has 0 amide bonds. The Labute approximate surface area is 116 Å². The number of nitrogen functional groups attached to an aromatic ring is 1. The van der Waals surface area contributed by atoms with Crippen molar-refractivity contribution in [2.24, 2.45) is 5.92 Å². The average Bonchev–Trinajstić information content (AvgIpc) is 2.83. The second-order valence-corrected chi connectivity index (χ2v) is 5.54. The van der Waals surface area contributed by atoms with Gasteiger partial charge in [-0.2, -0.15) is 0 Å².